The van der Waals surface area contributed by atoms with Crippen molar-refractivity contribution in [1.82, 2.24) is 5.32 Å². The minimum absolute atomic E-state index is 0.0470. The number of hydrogen-bond acceptors (Lipinski definition) is 2. The molecule has 1 N–H and O–H groups in total. The second-order valence-electron chi connectivity index (χ2n) is 7.57. The van der Waals surface area contributed by atoms with Gasteiger partial charge in [0.15, 0.2) is 5.78 Å². The molecule has 0 amide bonds. The fourth-order valence-electron chi connectivity index (χ4n) is 3.45. The van der Waals surface area contributed by atoms with Crippen LogP contribution in [0.4, 0.5) is 0 Å². The summed E-state index contributed by atoms with van der Waals surface area (Å²) < 4.78 is 0. The minimum atomic E-state index is -0.0548. The number of benzene rings is 2. The highest BCUT2D eigenvalue weighted by Crippen LogP contribution is 2.31. The van der Waals surface area contributed by atoms with Crippen molar-refractivity contribution in [3.8, 4) is 0 Å². The van der Waals surface area contributed by atoms with Crippen molar-refractivity contribution in [1.29, 1.82) is 0 Å². The standard InChI is InChI=1S/C23H27NO/c1-4-5-9-17-12-13-19-16-23(2,3)24-21(20(19)14-17)15-22(25)18-10-7-6-8-11-18/h6-8,10-15,24H,4-5,9,16H2,1-3H3/b21-15-. The molecule has 2 aromatic carbocycles. The third-order valence-corrected chi connectivity index (χ3v) is 4.72. The van der Waals surface area contributed by atoms with Crippen LogP contribution in [0.1, 0.15) is 60.7 Å². The molecule has 1 aliphatic rings. The van der Waals surface area contributed by atoms with E-state index in [1.165, 1.54) is 29.5 Å². The Kier molecular flexibility index (Phi) is 5.08. The highest BCUT2D eigenvalue weighted by molar-refractivity contribution is 6.08. The molecule has 130 valence electrons. The maximum Gasteiger partial charge on any atom is 0.187 e. The van der Waals surface area contributed by atoms with E-state index in [1.54, 1.807) is 6.08 Å². The number of ketones is 1. The molecule has 2 heteroatoms. The number of carbonyl (C=O) groups is 1. The number of unbranched alkanes of at least 4 members (excludes halogenated alkanes) is 1. The molecule has 1 aliphatic heterocycles. The number of allylic oxidation sites excluding steroid dienone is 1. The van der Waals surface area contributed by atoms with Gasteiger partial charge in [-0.25, -0.2) is 0 Å². The van der Waals surface area contributed by atoms with Gasteiger partial charge in [0.1, 0.15) is 0 Å². The van der Waals surface area contributed by atoms with E-state index in [1.807, 2.05) is 30.3 Å². The van der Waals surface area contributed by atoms with Crippen LogP contribution < -0.4 is 5.32 Å². The van der Waals surface area contributed by atoms with Crippen molar-refractivity contribution in [2.24, 2.45) is 0 Å². The number of carbonyl (C=O) groups excluding carboxylic acids is 1. The van der Waals surface area contributed by atoms with Crippen LogP contribution in [-0.4, -0.2) is 11.3 Å². The second-order valence-corrected chi connectivity index (χ2v) is 7.57. The predicted molar refractivity (Wildman–Crippen MR) is 105 cm³/mol. The summed E-state index contributed by atoms with van der Waals surface area (Å²) in [5, 5.41) is 3.57. The van der Waals surface area contributed by atoms with E-state index < -0.39 is 0 Å². The number of rotatable bonds is 5. The molecule has 3 rings (SSSR count). The number of aryl methyl sites for hydroxylation is 1. The molecule has 0 bridgehead atoms. The van der Waals surface area contributed by atoms with Gasteiger partial charge in [-0.15, -0.1) is 0 Å². The van der Waals surface area contributed by atoms with Gasteiger partial charge in [0.25, 0.3) is 0 Å². The Hall–Kier alpha value is -2.35. The van der Waals surface area contributed by atoms with Crippen LogP contribution in [0.5, 0.6) is 0 Å². The normalized spacial score (nSPS) is 17.0. The number of nitrogens with one attached hydrogen (secondary N) is 1. The highest BCUT2D eigenvalue weighted by atomic mass is 16.1. The van der Waals surface area contributed by atoms with Gasteiger partial charge >= 0.3 is 0 Å². The number of fused-ring (bicyclic) bond motifs is 1. The Morgan fingerprint density at radius 1 is 1.16 bits per heavy atom. The molecule has 0 radical (unpaired) electrons. The zero-order chi connectivity index (χ0) is 17.9. The van der Waals surface area contributed by atoms with Crippen LogP contribution in [0, 0.1) is 0 Å². The van der Waals surface area contributed by atoms with Crippen LogP contribution in [0.15, 0.2) is 54.6 Å². The molecule has 1 heterocycles. The average Bonchev–Trinajstić information content (AvgIpc) is 2.60. The molecule has 2 aromatic rings. The third kappa shape index (κ3) is 4.19. The maximum absolute atomic E-state index is 12.7. The zero-order valence-corrected chi connectivity index (χ0v) is 15.4. The van der Waals surface area contributed by atoms with Gasteiger partial charge in [-0.3, -0.25) is 4.79 Å². The SMILES string of the molecule is CCCCc1ccc2c(c1)/C(=C/C(=O)c1ccccc1)NC(C)(C)C2. The first-order valence-electron chi connectivity index (χ1n) is 9.20. The second kappa shape index (κ2) is 7.26. The predicted octanol–water partition coefficient (Wildman–Crippen LogP) is 5.18. The zero-order valence-electron chi connectivity index (χ0n) is 15.4. The summed E-state index contributed by atoms with van der Waals surface area (Å²) in [4.78, 5) is 12.7. The fraction of sp³-hybridized carbons (Fsp3) is 0.348. The Balaban J connectivity index is 1.99. The van der Waals surface area contributed by atoms with Crippen LogP contribution in [-0.2, 0) is 12.8 Å². The molecule has 2 nitrogen and oxygen atoms in total. The van der Waals surface area contributed by atoms with E-state index in [0.29, 0.717) is 0 Å². The topological polar surface area (TPSA) is 29.1 Å². The van der Waals surface area contributed by atoms with E-state index in [-0.39, 0.29) is 11.3 Å². The summed E-state index contributed by atoms with van der Waals surface area (Å²) in [5.74, 6) is 0.0470. The highest BCUT2D eigenvalue weighted by Gasteiger charge is 2.28. The van der Waals surface area contributed by atoms with Crippen molar-refractivity contribution in [2.45, 2.75) is 52.0 Å². The summed E-state index contributed by atoms with van der Waals surface area (Å²) in [7, 11) is 0. The maximum atomic E-state index is 12.7. The van der Waals surface area contributed by atoms with Crippen molar-refractivity contribution >= 4 is 11.5 Å². The molecule has 0 aliphatic carbocycles. The molecule has 0 saturated carbocycles. The van der Waals surface area contributed by atoms with Gasteiger partial charge in [-0.2, -0.15) is 0 Å². The van der Waals surface area contributed by atoms with Gasteiger partial charge in [0.2, 0.25) is 0 Å². The van der Waals surface area contributed by atoms with Crippen LogP contribution in [0.2, 0.25) is 0 Å². The monoisotopic (exact) mass is 333 g/mol. The Labute approximate surface area is 151 Å². The molecular formula is C23H27NO. The first-order chi connectivity index (χ1) is 12.0. The summed E-state index contributed by atoms with van der Waals surface area (Å²) in [6.45, 7) is 6.58. The summed E-state index contributed by atoms with van der Waals surface area (Å²) in [5.41, 5.74) is 5.46. The largest absolute Gasteiger partial charge is 0.379 e. The molecule has 0 spiro atoms. The van der Waals surface area contributed by atoms with Gasteiger partial charge in [0.05, 0.1) is 0 Å². The van der Waals surface area contributed by atoms with Crippen molar-refractivity contribution in [2.75, 3.05) is 0 Å². The molecule has 0 saturated heterocycles. The fourth-order valence-corrected chi connectivity index (χ4v) is 3.45. The molecular weight excluding hydrogens is 306 g/mol. The van der Waals surface area contributed by atoms with Crippen LogP contribution in [0.25, 0.3) is 5.70 Å². The Morgan fingerprint density at radius 2 is 1.92 bits per heavy atom. The first-order valence-corrected chi connectivity index (χ1v) is 9.20. The van der Waals surface area contributed by atoms with Gasteiger partial charge < -0.3 is 5.32 Å². The summed E-state index contributed by atoms with van der Waals surface area (Å²) in [6.07, 6.45) is 6.20. The Morgan fingerprint density at radius 3 is 2.64 bits per heavy atom. The van der Waals surface area contributed by atoms with E-state index in [4.69, 9.17) is 0 Å². The van der Waals surface area contributed by atoms with E-state index in [9.17, 15) is 4.79 Å². The van der Waals surface area contributed by atoms with Crippen molar-refractivity contribution < 1.29 is 4.79 Å². The molecule has 0 aromatic heterocycles. The summed E-state index contributed by atoms with van der Waals surface area (Å²) in [6, 6.07) is 16.2. The lowest BCUT2D eigenvalue weighted by molar-refractivity contribution is 0.104. The lowest BCUT2D eigenvalue weighted by Crippen LogP contribution is -2.43. The lowest BCUT2D eigenvalue weighted by atomic mass is 9.84. The summed E-state index contributed by atoms with van der Waals surface area (Å²) >= 11 is 0. The third-order valence-electron chi connectivity index (χ3n) is 4.72. The molecule has 25 heavy (non-hydrogen) atoms. The average molecular weight is 333 g/mol. The minimum Gasteiger partial charge on any atom is -0.379 e. The smallest absolute Gasteiger partial charge is 0.187 e. The van der Waals surface area contributed by atoms with E-state index in [2.05, 4.69) is 44.3 Å². The Bertz CT molecular complexity index is 787. The molecule has 0 fully saturated rings. The van der Waals surface area contributed by atoms with Gasteiger partial charge in [0, 0.05) is 28.4 Å². The molecule has 0 atom stereocenters. The van der Waals surface area contributed by atoms with Crippen molar-refractivity contribution in [3.63, 3.8) is 0 Å². The first kappa shape index (κ1) is 17.5. The quantitative estimate of drug-likeness (QED) is 0.603. The molecule has 0 unspecified atom stereocenters. The van der Waals surface area contributed by atoms with Gasteiger partial charge in [-0.1, -0.05) is 55.8 Å². The van der Waals surface area contributed by atoms with Crippen molar-refractivity contribution in [3.05, 3.63) is 76.9 Å². The van der Waals surface area contributed by atoms with E-state index >= 15 is 0 Å². The van der Waals surface area contributed by atoms with Crippen LogP contribution >= 0.6 is 0 Å². The lowest BCUT2D eigenvalue weighted by Gasteiger charge is -2.36. The van der Waals surface area contributed by atoms with Gasteiger partial charge in [-0.05, 0) is 50.3 Å². The number of hydrogen-bond donors (Lipinski definition) is 1. The van der Waals surface area contributed by atoms with E-state index in [0.717, 1.165) is 24.1 Å². The van der Waals surface area contributed by atoms with Crippen LogP contribution in [0.3, 0.4) is 0 Å².